The number of rotatable bonds is 6. The lowest BCUT2D eigenvalue weighted by Crippen LogP contribution is -2.29. The fraction of sp³-hybridized carbons (Fsp3) is 0.190. The topological polar surface area (TPSA) is 84.8 Å². The molecule has 0 aliphatic rings. The van der Waals surface area contributed by atoms with Crippen molar-refractivity contribution in [2.45, 2.75) is 25.6 Å². The Balaban J connectivity index is 1.50. The number of fused-ring (bicyclic) bond motifs is 1. The molecule has 0 radical (unpaired) electrons. The minimum Gasteiger partial charge on any atom is -0.361 e. The molecule has 10 heteroatoms. The van der Waals surface area contributed by atoms with E-state index in [0.29, 0.717) is 0 Å². The number of hydrogen-bond acceptors (Lipinski definition) is 4. The van der Waals surface area contributed by atoms with Gasteiger partial charge in [-0.2, -0.15) is 13.2 Å². The fourth-order valence-electron chi connectivity index (χ4n) is 3.05. The Morgan fingerprint density at radius 2 is 2.06 bits per heavy atom. The highest BCUT2D eigenvalue weighted by Gasteiger charge is 2.35. The second kappa shape index (κ2) is 8.13. The molecule has 0 aliphatic carbocycles. The molecule has 0 bridgehead atoms. The molecule has 31 heavy (non-hydrogen) atoms. The summed E-state index contributed by atoms with van der Waals surface area (Å²) < 4.78 is 39.4. The van der Waals surface area contributed by atoms with E-state index in [1.54, 1.807) is 25.3 Å². The summed E-state index contributed by atoms with van der Waals surface area (Å²) in [5.41, 5.74) is 0.642. The first-order chi connectivity index (χ1) is 14.8. The fourth-order valence-corrected chi connectivity index (χ4v) is 3.05. The molecule has 7 nitrogen and oxygen atoms in total. The van der Waals surface area contributed by atoms with Gasteiger partial charge in [-0.05, 0) is 48.2 Å². The number of halogens is 3. The van der Waals surface area contributed by atoms with Gasteiger partial charge in [0.25, 0.3) is 0 Å². The predicted octanol–water partition coefficient (Wildman–Crippen LogP) is 4.04. The number of amides is 1. The Labute approximate surface area is 174 Å². The van der Waals surface area contributed by atoms with Crippen LogP contribution in [0.5, 0.6) is 5.88 Å². The number of alkyl halides is 3. The minimum atomic E-state index is -4.66. The summed E-state index contributed by atoms with van der Waals surface area (Å²) in [6.07, 6.45) is -1.41. The van der Waals surface area contributed by atoms with Gasteiger partial charge in [0.2, 0.25) is 11.8 Å². The van der Waals surface area contributed by atoms with Crippen LogP contribution in [-0.4, -0.2) is 25.8 Å². The molecule has 0 spiro atoms. The molecule has 0 saturated carbocycles. The Hall–Kier alpha value is -3.82. The number of aromatic amines is 1. The normalized spacial score (nSPS) is 12.6. The molecule has 3 heterocycles. The number of nitrogens with one attached hydrogen (secondary N) is 2. The highest BCUT2D eigenvalue weighted by molar-refractivity contribution is 5.86. The van der Waals surface area contributed by atoms with Crippen molar-refractivity contribution in [1.29, 1.82) is 0 Å². The summed E-state index contributed by atoms with van der Waals surface area (Å²) in [5, 5.41) is 7.08. The van der Waals surface area contributed by atoms with Gasteiger partial charge >= 0.3 is 6.18 Å². The van der Waals surface area contributed by atoms with Gasteiger partial charge < -0.3 is 15.1 Å². The van der Waals surface area contributed by atoms with Crippen molar-refractivity contribution < 1.29 is 22.8 Å². The van der Waals surface area contributed by atoms with Crippen LogP contribution in [0.2, 0.25) is 0 Å². The number of nitrogens with zero attached hydrogens (tertiary/aromatic N) is 3. The first-order valence-electron chi connectivity index (χ1n) is 9.41. The smallest absolute Gasteiger partial charge is 0.361 e. The quantitative estimate of drug-likeness (QED) is 0.485. The lowest BCUT2D eigenvalue weighted by Gasteiger charge is -2.13. The van der Waals surface area contributed by atoms with Crippen molar-refractivity contribution in [3.63, 3.8) is 0 Å². The highest BCUT2D eigenvalue weighted by Crippen LogP contribution is 2.29. The van der Waals surface area contributed by atoms with Crippen LogP contribution in [0.25, 0.3) is 10.9 Å². The average molecular weight is 429 g/mol. The van der Waals surface area contributed by atoms with Crippen molar-refractivity contribution in [3.05, 3.63) is 77.9 Å². The number of carbonyl (C=O) groups is 1. The Morgan fingerprint density at radius 1 is 1.23 bits per heavy atom. The van der Waals surface area contributed by atoms with Crippen molar-refractivity contribution in [2.24, 2.45) is 0 Å². The van der Waals surface area contributed by atoms with E-state index < -0.39 is 17.8 Å². The second-order valence-corrected chi connectivity index (χ2v) is 6.91. The molecule has 1 atom stereocenters. The number of H-pyrrole nitrogens is 1. The van der Waals surface area contributed by atoms with Crippen molar-refractivity contribution in [1.82, 2.24) is 25.2 Å². The monoisotopic (exact) mass is 429 g/mol. The van der Waals surface area contributed by atoms with Crippen LogP contribution in [-0.2, 0) is 17.5 Å². The molecule has 0 fully saturated rings. The Kier molecular flexibility index (Phi) is 5.37. The van der Waals surface area contributed by atoms with E-state index in [1.165, 1.54) is 12.3 Å². The number of pyridine rings is 1. The van der Waals surface area contributed by atoms with E-state index in [-0.39, 0.29) is 24.0 Å². The Bertz CT molecular complexity index is 1200. The zero-order valence-electron chi connectivity index (χ0n) is 16.3. The lowest BCUT2D eigenvalue weighted by molar-refractivity contribution is -0.142. The van der Waals surface area contributed by atoms with Gasteiger partial charge in [-0.25, -0.2) is 4.98 Å². The van der Waals surface area contributed by atoms with Gasteiger partial charge in [-0.3, -0.25) is 4.79 Å². The SMILES string of the molecule is CC(C(=O)NCc1cc(C(F)(F)F)nn1Oc1ccccn1)c1ccc2[nH]ccc2c1. The maximum Gasteiger partial charge on any atom is 0.435 e. The first-order valence-corrected chi connectivity index (χ1v) is 9.41. The maximum absolute atomic E-state index is 13.1. The standard InChI is InChI=1S/C21H18F3N5O2/c1-13(14-5-6-17-15(10-14)7-9-25-17)20(30)27-12-16-11-18(21(22,23)24)28-29(16)31-19-4-2-3-8-26-19/h2-11,13,25H,12H2,1H3,(H,27,30). The van der Waals surface area contributed by atoms with Gasteiger partial charge in [-0.1, -0.05) is 17.0 Å². The molecule has 160 valence electrons. The van der Waals surface area contributed by atoms with Crippen LogP contribution < -0.4 is 10.2 Å². The molecule has 1 unspecified atom stereocenters. The summed E-state index contributed by atoms with van der Waals surface area (Å²) in [7, 11) is 0. The van der Waals surface area contributed by atoms with Crippen LogP contribution >= 0.6 is 0 Å². The molecule has 3 aromatic heterocycles. The van der Waals surface area contributed by atoms with Gasteiger partial charge in [0.15, 0.2) is 5.69 Å². The van der Waals surface area contributed by atoms with E-state index in [2.05, 4.69) is 20.4 Å². The molecule has 0 aliphatic heterocycles. The number of benzene rings is 1. The molecule has 0 saturated heterocycles. The van der Waals surface area contributed by atoms with Crippen LogP contribution in [0.1, 0.15) is 29.8 Å². The van der Waals surface area contributed by atoms with E-state index in [9.17, 15) is 18.0 Å². The average Bonchev–Trinajstić information content (AvgIpc) is 3.38. The maximum atomic E-state index is 13.1. The first kappa shape index (κ1) is 20.5. The van der Waals surface area contributed by atoms with Crippen molar-refractivity contribution >= 4 is 16.8 Å². The van der Waals surface area contributed by atoms with E-state index in [1.807, 2.05) is 24.3 Å². The summed E-state index contributed by atoms with van der Waals surface area (Å²) >= 11 is 0. The molecule has 4 aromatic rings. The molecule has 1 amide bonds. The number of aromatic nitrogens is 4. The Morgan fingerprint density at radius 3 is 2.81 bits per heavy atom. The number of carbonyl (C=O) groups excluding carboxylic acids is 1. The third-order valence-electron chi connectivity index (χ3n) is 4.77. The third-order valence-corrected chi connectivity index (χ3v) is 4.77. The van der Waals surface area contributed by atoms with Crippen molar-refractivity contribution in [3.8, 4) is 5.88 Å². The second-order valence-electron chi connectivity index (χ2n) is 6.91. The van der Waals surface area contributed by atoms with E-state index >= 15 is 0 Å². The summed E-state index contributed by atoms with van der Waals surface area (Å²) in [6, 6.07) is 13.1. The number of hydrogen-bond donors (Lipinski definition) is 2. The molecule has 4 rings (SSSR count). The van der Waals surface area contributed by atoms with Crippen LogP contribution in [0, 0.1) is 0 Å². The van der Waals surface area contributed by atoms with Crippen LogP contribution in [0.4, 0.5) is 13.2 Å². The van der Waals surface area contributed by atoms with Gasteiger partial charge in [0.1, 0.15) is 5.69 Å². The van der Waals surface area contributed by atoms with Crippen LogP contribution in [0.15, 0.2) is 60.9 Å². The van der Waals surface area contributed by atoms with Crippen LogP contribution in [0.3, 0.4) is 0 Å². The third kappa shape index (κ3) is 4.52. The van der Waals surface area contributed by atoms with Gasteiger partial charge in [0, 0.05) is 24.0 Å². The highest BCUT2D eigenvalue weighted by atomic mass is 19.4. The largest absolute Gasteiger partial charge is 0.435 e. The lowest BCUT2D eigenvalue weighted by atomic mass is 9.99. The molecule has 2 N–H and O–H groups in total. The molecular weight excluding hydrogens is 411 g/mol. The van der Waals surface area contributed by atoms with Gasteiger partial charge in [-0.15, -0.1) is 5.10 Å². The minimum absolute atomic E-state index is 0.0274. The summed E-state index contributed by atoms with van der Waals surface area (Å²) in [5.74, 6) is -0.774. The zero-order chi connectivity index (χ0) is 22.0. The molecule has 1 aromatic carbocycles. The molecular formula is C21H18F3N5O2. The van der Waals surface area contributed by atoms with Gasteiger partial charge in [0.05, 0.1) is 12.5 Å². The summed E-state index contributed by atoms with van der Waals surface area (Å²) in [4.78, 5) is 25.7. The zero-order valence-corrected chi connectivity index (χ0v) is 16.3. The van der Waals surface area contributed by atoms with E-state index in [0.717, 1.165) is 27.4 Å². The van der Waals surface area contributed by atoms with Crippen molar-refractivity contribution in [2.75, 3.05) is 0 Å². The summed E-state index contributed by atoms with van der Waals surface area (Å²) in [6.45, 7) is 1.53. The predicted molar refractivity (Wildman–Crippen MR) is 106 cm³/mol. The van der Waals surface area contributed by atoms with E-state index in [4.69, 9.17) is 4.84 Å².